The van der Waals surface area contributed by atoms with E-state index in [9.17, 15) is 4.79 Å². The summed E-state index contributed by atoms with van der Waals surface area (Å²) in [6.07, 6.45) is 0. The molecule has 8 nitrogen and oxygen atoms in total. The number of nitrogens with one attached hydrogen (secondary N) is 1. The van der Waals surface area contributed by atoms with E-state index in [0.29, 0.717) is 5.75 Å². The Balaban J connectivity index is 1.58. The second-order valence-corrected chi connectivity index (χ2v) is 7.62. The van der Waals surface area contributed by atoms with Gasteiger partial charge in [0.15, 0.2) is 19.0 Å². The minimum Gasteiger partial charge on any atom is -0.482 e. The van der Waals surface area contributed by atoms with E-state index in [2.05, 4.69) is 41.0 Å². The largest absolute Gasteiger partial charge is 0.482 e. The molecule has 1 heterocycles. The van der Waals surface area contributed by atoms with Crippen LogP contribution in [0.25, 0.3) is 0 Å². The number of para-hydroxylation sites is 2. The Bertz CT molecular complexity index is 1000. The predicted octanol–water partition coefficient (Wildman–Crippen LogP) is 3.62. The molecule has 0 saturated carbocycles. The molecule has 0 bridgehead atoms. The van der Waals surface area contributed by atoms with Crippen molar-refractivity contribution in [3.05, 3.63) is 66.0 Å². The summed E-state index contributed by atoms with van der Waals surface area (Å²) in [6.45, 7) is 5.89. The lowest BCUT2D eigenvalue weighted by atomic mass is 9.86. The van der Waals surface area contributed by atoms with Gasteiger partial charge in [-0.3, -0.25) is 0 Å². The number of hydrogen-bond acceptors (Lipinski definition) is 8. The molecule has 3 rings (SSSR count). The van der Waals surface area contributed by atoms with Crippen molar-refractivity contribution >= 4 is 23.6 Å². The molecule has 3 N–H and O–H groups in total. The highest BCUT2D eigenvalue weighted by Crippen LogP contribution is 2.30. The molecule has 1 aromatic heterocycles. The standard InChI is InChI=1S/C22H25N5O3/c1-22(2,3)16-11-7-8-12-17(16)29-14-19(28)30-13-18-25-20(23)27-21(26-18)24-15-9-5-4-6-10-15/h4-12H,13-14H2,1-3H3,(H3,23,24,25,26,27). The van der Waals surface area contributed by atoms with E-state index in [4.69, 9.17) is 15.2 Å². The van der Waals surface area contributed by atoms with E-state index >= 15 is 0 Å². The molecule has 0 aliphatic rings. The summed E-state index contributed by atoms with van der Waals surface area (Å²) in [5.41, 5.74) is 7.45. The number of carbonyl (C=O) groups excluding carboxylic acids is 1. The van der Waals surface area contributed by atoms with Crippen molar-refractivity contribution < 1.29 is 14.3 Å². The molecule has 8 heteroatoms. The Morgan fingerprint density at radius 1 is 1.00 bits per heavy atom. The van der Waals surface area contributed by atoms with Gasteiger partial charge in [-0.2, -0.15) is 15.0 Å². The summed E-state index contributed by atoms with van der Waals surface area (Å²) in [6, 6.07) is 17.0. The molecule has 0 spiro atoms. The highest BCUT2D eigenvalue weighted by Gasteiger charge is 2.19. The first-order valence-corrected chi connectivity index (χ1v) is 9.52. The first-order valence-electron chi connectivity index (χ1n) is 9.52. The third-order valence-electron chi connectivity index (χ3n) is 4.13. The summed E-state index contributed by atoms with van der Waals surface area (Å²) in [7, 11) is 0. The Morgan fingerprint density at radius 3 is 2.43 bits per heavy atom. The summed E-state index contributed by atoms with van der Waals surface area (Å²) >= 11 is 0. The van der Waals surface area contributed by atoms with E-state index in [1.54, 1.807) is 0 Å². The van der Waals surface area contributed by atoms with Crippen molar-refractivity contribution in [2.75, 3.05) is 17.7 Å². The van der Waals surface area contributed by atoms with Crippen molar-refractivity contribution in [2.24, 2.45) is 0 Å². The first-order chi connectivity index (χ1) is 14.3. The number of nitrogen functional groups attached to an aromatic ring is 1. The van der Waals surface area contributed by atoms with Gasteiger partial charge < -0.3 is 20.5 Å². The number of hydrogen-bond donors (Lipinski definition) is 2. The van der Waals surface area contributed by atoms with E-state index in [1.807, 2.05) is 54.6 Å². The van der Waals surface area contributed by atoms with Crippen LogP contribution in [-0.2, 0) is 21.6 Å². The van der Waals surface area contributed by atoms with Gasteiger partial charge in [-0.25, -0.2) is 4.79 Å². The van der Waals surface area contributed by atoms with Gasteiger partial charge in [-0.05, 0) is 29.2 Å². The number of ether oxygens (including phenoxy) is 2. The second kappa shape index (κ2) is 9.21. The highest BCUT2D eigenvalue weighted by atomic mass is 16.6. The van der Waals surface area contributed by atoms with Crippen LogP contribution < -0.4 is 15.8 Å². The van der Waals surface area contributed by atoms with E-state index in [-0.39, 0.29) is 36.3 Å². The third kappa shape index (κ3) is 5.91. The van der Waals surface area contributed by atoms with Gasteiger partial charge in [0, 0.05) is 5.69 Å². The van der Waals surface area contributed by atoms with Gasteiger partial charge in [-0.1, -0.05) is 57.2 Å². The second-order valence-electron chi connectivity index (χ2n) is 7.62. The smallest absolute Gasteiger partial charge is 0.344 e. The number of rotatable bonds is 7. The molecular formula is C22H25N5O3. The van der Waals surface area contributed by atoms with Crippen LogP contribution in [0.3, 0.4) is 0 Å². The molecule has 156 valence electrons. The van der Waals surface area contributed by atoms with Crippen molar-refractivity contribution in [2.45, 2.75) is 32.8 Å². The van der Waals surface area contributed by atoms with Crippen LogP contribution in [-0.4, -0.2) is 27.5 Å². The monoisotopic (exact) mass is 407 g/mol. The maximum atomic E-state index is 12.1. The third-order valence-corrected chi connectivity index (χ3v) is 4.13. The summed E-state index contributed by atoms with van der Waals surface area (Å²) in [5, 5.41) is 3.03. The molecule has 30 heavy (non-hydrogen) atoms. The molecule has 0 aliphatic heterocycles. The Hall–Kier alpha value is -3.68. The molecule has 0 aliphatic carbocycles. The fraction of sp³-hybridized carbons (Fsp3) is 0.273. The van der Waals surface area contributed by atoms with Crippen LogP contribution in [0.1, 0.15) is 32.2 Å². The molecule has 2 aromatic carbocycles. The Kier molecular flexibility index (Phi) is 6.46. The molecule has 0 radical (unpaired) electrons. The van der Waals surface area contributed by atoms with Gasteiger partial charge in [0.1, 0.15) is 5.75 Å². The average molecular weight is 407 g/mol. The zero-order valence-electron chi connectivity index (χ0n) is 17.3. The number of nitrogens with zero attached hydrogens (tertiary/aromatic N) is 3. The molecule has 0 unspecified atom stereocenters. The zero-order chi connectivity index (χ0) is 21.6. The number of nitrogens with two attached hydrogens (primary N) is 1. The minimum absolute atomic E-state index is 0.0323. The summed E-state index contributed by atoms with van der Waals surface area (Å²) < 4.78 is 10.9. The Morgan fingerprint density at radius 2 is 1.70 bits per heavy atom. The normalized spacial score (nSPS) is 11.0. The van der Waals surface area contributed by atoms with Gasteiger partial charge in [0.05, 0.1) is 0 Å². The molecule has 3 aromatic rings. The topological polar surface area (TPSA) is 112 Å². The predicted molar refractivity (Wildman–Crippen MR) is 114 cm³/mol. The van der Waals surface area contributed by atoms with Crippen LogP contribution in [0, 0.1) is 0 Å². The molecule has 0 atom stereocenters. The van der Waals surface area contributed by atoms with Gasteiger partial charge in [0.25, 0.3) is 0 Å². The van der Waals surface area contributed by atoms with Gasteiger partial charge in [-0.15, -0.1) is 0 Å². The first kappa shape index (κ1) is 21.0. The lowest BCUT2D eigenvalue weighted by Gasteiger charge is -2.22. The quantitative estimate of drug-likeness (QED) is 0.571. The zero-order valence-corrected chi connectivity index (χ0v) is 17.3. The van der Waals surface area contributed by atoms with Crippen molar-refractivity contribution in [1.82, 2.24) is 15.0 Å². The molecule has 0 fully saturated rings. The van der Waals surface area contributed by atoms with E-state index < -0.39 is 5.97 Å². The summed E-state index contributed by atoms with van der Waals surface area (Å²) in [5.74, 6) is 0.667. The fourth-order valence-corrected chi connectivity index (χ4v) is 2.74. The van der Waals surface area contributed by atoms with Crippen molar-refractivity contribution in [3.63, 3.8) is 0 Å². The average Bonchev–Trinajstić information content (AvgIpc) is 2.70. The molecule has 0 amide bonds. The Labute approximate surface area is 175 Å². The number of benzene rings is 2. The van der Waals surface area contributed by atoms with E-state index in [1.165, 1.54) is 0 Å². The van der Waals surface area contributed by atoms with Gasteiger partial charge >= 0.3 is 5.97 Å². The number of anilines is 3. The number of carbonyl (C=O) groups is 1. The summed E-state index contributed by atoms with van der Waals surface area (Å²) in [4.78, 5) is 24.4. The van der Waals surface area contributed by atoms with Crippen LogP contribution in [0.5, 0.6) is 5.75 Å². The SMILES string of the molecule is CC(C)(C)c1ccccc1OCC(=O)OCc1nc(N)nc(Nc2ccccc2)n1. The maximum Gasteiger partial charge on any atom is 0.344 e. The van der Waals surface area contributed by atoms with Crippen molar-refractivity contribution in [1.29, 1.82) is 0 Å². The fourth-order valence-electron chi connectivity index (χ4n) is 2.74. The number of aromatic nitrogens is 3. The van der Waals surface area contributed by atoms with Gasteiger partial charge in [0.2, 0.25) is 11.9 Å². The molecular weight excluding hydrogens is 382 g/mol. The maximum absolute atomic E-state index is 12.1. The lowest BCUT2D eigenvalue weighted by molar-refractivity contribution is -0.147. The van der Waals surface area contributed by atoms with Crippen LogP contribution in [0.15, 0.2) is 54.6 Å². The number of esters is 1. The van der Waals surface area contributed by atoms with Crippen LogP contribution in [0.4, 0.5) is 17.6 Å². The van der Waals surface area contributed by atoms with Crippen LogP contribution in [0.2, 0.25) is 0 Å². The van der Waals surface area contributed by atoms with Crippen LogP contribution >= 0.6 is 0 Å². The van der Waals surface area contributed by atoms with E-state index in [0.717, 1.165) is 11.3 Å². The van der Waals surface area contributed by atoms with Crippen molar-refractivity contribution in [3.8, 4) is 5.75 Å². The minimum atomic E-state index is -0.532. The lowest BCUT2D eigenvalue weighted by Crippen LogP contribution is -2.19. The highest BCUT2D eigenvalue weighted by molar-refractivity contribution is 5.71. The molecule has 0 saturated heterocycles.